The van der Waals surface area contributed by atoms with Crippen LogP contribution in [0, 0.1) is 6.92 Å². The number of aromatic nitrogens is 1. The largest absolute Gasteiger partial charge is 0.361 e. The lowest BCUT2D eigenvalue weighted by molar-refractivity contribution is 0.601. The Morgan fingerprint density at radius 3 is 2.75 bits per heavy atom. The summed E-state index contributed by atoms with van der Waals surface area (Å²) in [5.41, 5.74) is 3.32. The Bertz CT molecular complexity index is 611. The number of rotatable bonds is 3. The van der Waals surface area contributed by atoms with Gasteiger partial charge in [-0.1, -0.05) is 11.6 Å². The molecular weight excluding hydrogens is 222 g/mol. The van der Waals surface area contributed by atoms with Crippen LogP contribution < -0.4 is 0 Å². The van der Waals surface area contributed by atoms with E-state index in [9.17, 15) is 8.42 Å². The molecule has 0 spiro atoms. The first-order valence-electron chi connectivity index (χ1n) is 5.20. The van der Waals surface area contributed by atoms with Gasteiger partial charge < -0.3 is 4.98 Å². The fourth-order valence-electron chi connectivity index (χ4n) is 1.79. The normalized spacial score (nSPS) is 12.1. The molecule has 0 unspecified atom stereocenters. The number of benzene rings is 1. The molecule has 0 aliphatic heterocycles. The second kappa shape index (κ2) is 3.94. The lowest BCUT2D eigenvalue weighted by Gasteiger charge is -1.99. The van der Waals surface area contributed by atoms with Crippen molar-refractivity contribution >= 4 is 20.7 Å². The van der Waals surface area contributed by atoms with E-state index in [0.29, 0.717) is 6.42 Å². The molecule has 0 aliphatic rings. The minimum absolute atomic E-state index is 0.202. The van der Waals surface area contributed by atoms with Crippen molar-refractivity contribution in [2.24, 2.45) is 0 Å². The predicted molar refractivity (Wildman–Crippen MR) is 66.5 cm³/mol. The topological polar surface area (TPSA) is 49.9 Å². The number of hydrogen-bond donors (Lipinski definition) is 1. The summed E-state index contributed by atoms with van der Waals surface area (Å²) >= 11 is 0. The standard InChI is InChI=1S/C12H15NO2S/c1-9-3-4-12-11(7-9)10(8-13-12)5-6-16(2,14)15/h3-4,7-8,13H,5-6H2,1-2H3. The van der Waals surface area contributed by atoms with Crippen LogP contribution in [-0.4, -0.2) is 25.4 Å². The maximum Gasteiger partial charge on any atom is 0.147 e. The van der Waals surface area contributed by atoms with Gasteiger partial charge in [-0.25, -0.2) is 8.42 Å². The van der Waals surface area contributed by atoms with Gasteiger partial charge in [-0.3, -0.25) is 0 Å². The first kappa shape index (κ1) is 11.2. The minimum Gasteiger partial charge on any atom is -0.361 e. The number of sulfone groups is 1. The van der Waals surface area contributed by atoms with Crippen LogP contribution in [-0.2, 0) is 16.3 Å². The van der Waals surface area contributed by atoms with Crippen molar-refractivity contribution < 1.29 is 8.42 Å². The fourth-order valence-corrected chi connectivity index (χ4v) is 2.39. The highest BCUT2D eigenvalue weighted by molar-refractivity contribution is 7.90. The molecule has 3 nitrogen and oxygen atoms in total. The van der Waals surface area contributed by atoms with Crippen LogP contribution >= 0.6 is 0 Å². The second-order valence-electron chi connectivity index (χ2n) is 4.24. The maximum absolute atomic E-state index is 11.1. The van der Waals surface area contributed by atoms with Crippen molar-refractivity contribution in [2.75, 3.05) is 12.0 Å². The van der Waals surface area contributed by atoms with Crippen LogP contribution in [0.2, 0.25) is 0 Å². The second-order valence-corrected chi connectivity index (χ2v) is 6.50. The molecule has 1 aromatic carbocycles. The summed E-state index contributed by atoms with van der Waals surface area (Å²) in [6, 6.07) is 6.15. The average molecular weight is 237 g/mol. The molecule has 0 saturated heterocycles. The zero-order valence-electron chi connectivity index (χ0n) is 9.45. The summed E-state index contributed by atoms with van der Waals surface area (Å²) in [6.07, 6.45) is 3.74. The molecule has 0 aliphatic carbocycles. The first-order chi connectivity index (χ1) is 7.46. The predicted octanol–water partition coefficient (Wildman–Crippen LogP) is 2.06. The van der Waals surface area contributed by atoms with Crippen LogP contribution in [0.3, 0.4) is 0 Å². The summed E-state index contributed by atoms with van der Waals surface area (Å²) < 4.78 is 22.2. The molecule has 86 valence electrons. The zero-order chi connectivity index (χ0) is 11.8. The van der Waals surface area contributed by atoms with Crippen molar-refractivity contribution in [3.8, 4) is 0 Å². The van der Waals surface area contributed by atoms with Gasteiger partial charge in [0.25, 0.3) is 0 Å². The lowest BCUT2D eigenvalue weighted by Crippen LogP contribution is -2.05. The van der Waals surface area contributed by atoms with E-state index >= 15 is 0 Å². The van der Waals surface area contributed by atoms with Crippen molar-refractivity contribution in [1.29, 1.82) is 0 Å². The fraction of sp³-hybridized carbons (Fsp3) is 0.333. The molecule has 0 saturated carbocycles. The van der Waals surface area contributed by atoms with E-state index in [1.54, 1.807) is 0 Å². The third-order valence-corrected chi connectivity index (χ3v) is 3.61. The molecule has 0 fully saturated rings. The molecule has 2 rings (SSSR count). The molecule has 1 N–H and O–H groups in total. The lowest BCUT2D eigenvalue weighted by atomic mass is 10.1. The summed E-state index contributed by atoms with van der Waals surface area (Å²) in [5, 5.41) is 1.13. The Morgan fingerprint density at radius 2 is 2.06 bits per heavy atom. The van der Waals surface area contributed by atoms with E-state index in [-0.39, 0.29) is 5.75 Å². The van der Waals surface area contributed by atoms with E-state index in [0.717, 1.165) is 16.5 Å². The van der Waals surface area contributed by atoms with E-state index in [1.807, 2.05) is 25.3 Å². The third-order valence-electron chi connectivity index (χ3n) is 2.67. The first-order valence-corrected chi connectivity index (χ1v) is 7.26. The SMILES string of the molecule is Cc1ccc2[nH]cc(CCS(C)(=O)=O)c2c1. The number of hydrogen-bond acceptors (Lipinski definition) is 2. The van der Waals surface area contributed by atoms with E-state index < -0.39 is 9.84 Å². The molecule has 0 radical (unpaired) electrons. The zero-order valence-corrected chi connectivity index (χ0v) is 10.3. The minimum atomic E-state index is -2.89. The summed E-state index contributed by atoms with van der Waals surface area (Å²) in [7, 11) is -2.89. The Hall–Kier alpha value is -1.29. The number of H-pyrrole nitrogens is 1. The van der Waals surface area contributed by atoms with Gasteiger partial charge in [0, 0.05) is 23.4 Å². The van der Waals surface area contributed by atoms with Gasteiger partial charge in [0.15, 0.2) is 0 Å². The number of aryl methyl sites for hydroxylation is 2. The third kappa shape index (κ3) is 2.44. The van der Waals surface area contributed by atoms with Gasteiger partial charge in [0.05, 0.1) is 5.75 Å². The molecule has 1 heterocycles. The quantitative estimate of drug-likeness (QED) is 0.888. The Kier molecular flexibility index (Phi) is 2.76. The van der Waals surface area contributed by atoms with Gasteiger partial charge >= 0.3 is 0 Å². The van der Waals surface area contributed by atoms with Crippen LogP contribution in [0.15, 0.2) is 24.4 Å². The van der Waals surface area contributed by atoms with Gasteiger partial charge in [0.1, 0.15) is 9.84 Å². The molecule has 1 aromatic heterocycles. The van der Waals surface area contributed by atoms with Gasteiger partial charge in [-0.2, -0.15) is 0 Å². The molecule has 0 atom stereocenters. The van der Waals surface area contributed by atoms with Crippen LogP contribution in [0.5, 0.6) is 0 Å². The van der Waals surface area contributed by atoms with Crippen molar-refractivity contribution in [1.82, 2.24) is 4.98 Å². The van der Waals surface area contributed by atoms with E-state index in [4.69, 9.17) is 0 Å². The van der Waals surface area contributed by atoms with Crippen LogP contribution in [0.1, 0.15) is 11.1 Å². The summed E-state index contributed by atoms with van der Waals surface area (Å²) in [4.78, 5) is 3.16. The van der Waals surface area contributed by atoms with Crippen molar-refractivity contribution in [3.05, 3.63) is 35.5 Å². The van der Waals surface area contributed by atoms with Gasteiger partial charge in [-0.05, 0) is 31.0 Å². The highest BCUT2D eigenvalue weighted by Crippen LogP contribution is 2.20. The van der Waals surface area contributed by atoms with E-state index in [2.05, 4.69) is 11.1 Å². The molecule has 2 aromatic rings. The van der Waals surface area contributed by atoms with Crippen LogP contribution in [0.25, 0.3) is 10.9 Å². The Labute approximate surface area is 95.4 Å². The maximum atomic E-state index is 11.1. The van der Waals surface area contributed by atoms with Gasteiger partial charge in [0.2, 0.25) is 0 Å². The molecule has 0 bridgehead atoms. The van der Waals surface area contributed by atoms with Gasteiger partial charge in [-0.15, -0.1) is 0 Å². The monoisotopic (exact) mass is 237 g/mol. The number of fused-ring (bicyclic) bond motifs is 1. The van der Waals surface area contributed by atoms with E-state index in [1.165, 1.54) is 11.8 Å². The smallest absolute Gasteiger partial charge is 0.147 e. The average Bonchev–Trinajstić information content (AvgIpc) is 2.56. The molecular formula is C12H15NO2S. The Balaban J connectivity index is 2.34. The molecule has 16 heavy (non-hydrogen) atoms. The molecule has 4 heteroatoms. The summed E-state index contributed by atoms with van der Waals surface area (Å²) in [6.45, 7) is 2.03. The highest BCUT2D eigenvalue weighted by atomic mass is 32.2. The highest BCUT2D eigenvalue weighted by Gasteiger charge is 2.07. The Morgan fingerprint density at radius 1 is 1.31 bits per heavy atom. The van der Waals surface area contributed by atoms with Crippen LogP contribution in [0.4, 0.5) is 0 Å². The van der Waals surface area contributed by atoms with Crippen molar-refractivity contribution in [3.63, 3.8) is 0 Å². The summed E-state index contributed by atoms with van der Waals surface area (Å²) in [5.74, 6) is 0.202. The van der Waals surface area contributed by atoms with Crippen molar-refractivity contribution in [2.45, 2.75) is 13.3 Å². The number of nitrogens with one attached hydrogen (secondary N) is 1. The molecule has 0 amide bonds. The number of aromatic amines is 1.